The molecule has 17 heavy (non-hydrogen) atoms. The number of nitrogens with one attached hydrogen (secondary N) is 1. The van der Waals surface area contributed by atoms with Gasteiger partial charge < -0.3 is 0 Å². The maximum atomic E-state index is 11.0. The average molecular weight is 229 g/mol. The van der Waals surface area contributed by atoms with Gasteiger partial charge in [-0.3, -0.25) is 9.63 Å². The van der Waals surface area contributed by atoms with Crippen LogP contribution in [0.1, 0.15) is 18.9 Å². The van der Waals surface area contributed by atoms with Gasteiger partial charge in [-0.05, 0) is 16.3 Å². The van der Waals surface area contributed by atoms with E-state index in [-0.39, 0.29) is 5.91 Å². The van der Waals surface area contributed by atoms with Crippen LogP contribution in [-0.2, 0) is 16.2 Å². The van der Waals surface area contributed by atoms with Crippen LogP contribution < -0.4 is 5.48 Å². The third-order valence-electron chi connectivity index (χ3n) is 2.61. The Bertz CT molecular complexity index is 517. The predicted molar refractivity (Wildman–Crippen MR) is 67.2 cm³/mol. The van der Waals surface area contributed by atoms with Gasteiger partial charge in [-0.25, -0.2) is 5.48 Å². The molecule has 88 valence electrons. The third-order valence-corrected chi connectivity index (χ3v) is 2.61. The molecule has 0 bridgehead atoms. The molecule has 0 saturated carbocycles. The highest BCUT2D eigenvalue weighted by molar-refractivity contribution is 5.85. The van der Waals surface area contributed by atoms with Crippen molar-refractivity contribution in [1.29, 1.82) is 0 Å². The van der Waals surface area contributed by atoms with Crippen molar-refractivity contribution in [2.75, 3.05) is 0 Å². The standard InChI is InChI=1S/C14H15NO2/c1-2-14(16)15-17-10-12-8-5-7-11-6-3-4-9-13(11)12/h3-9H,2,10H2,1H3,(H,15,16). The minimum absolute atomic E-state index is 0.106. The van der Waals surface area contributed by atoms with Crippen molar-refractivity contribution >= 4 is 16.7 Å². The molecule has 0 aromatic heterocycles. The molecular formula is C14H15NO2. The van der Waals surface area contributed by atoms with Crippen LogP contribution in [0.3, 0.4) is 0 Å². The van der Waals surface area contributed by atoms with E-state index in [4.69, 9.17) is 4.84 Å². The molecular weight excluding hydrogens is 214 g/mol. The van der Waals surface area contributed by atoms with Gasteiger partial charge in [0.2, 0.25) is 5.91 Å². The van der Waals surface area contributed by atoms with Crippen LogP contribution in [0.15, 0.2) is 42.5 Å². The first-order valence-corrected chi connectivity index (χ1v) is 5.68. The summed E-state index contributed by atoms with van der Waals surface area (Å²) in [6.07, 6.45) is 0.426. The van der Waals surface area contributed by atoms with Crippen molar-refractivity contribution < 1.29 is 9.63 Å². The van der Waals surface area contributed by atoms with Crippen molar-refractivity contribution in [3.05, 3.63) is 48.0 Å². The van der Waals surface area contributed by atoms with E-state index < -0.39 is 0 Å². The van der Waals surface area contributed by atoms with E-state index in [0.29, 0.717) is 13.0 Å². The van der Waals surface area contributed by atoms with Crippen molar-refractivity contribution in [3.8, 4) is 0 Å². The quantitative estimate of drug-likeness (QED) is 0.819. The third kappa shape index (κ3) is 2.82. The Kier molecular flexibility index (Phi) is 3.73. The molecule has 3 nitrogen and oxygen atoms in total. The molecule has 3 heteroatoms. The number of rotatable bonds is 4. The number of carbonyl (C=O) groups is 1. The SMILES string of the molecule is CCC(=O)NOCc1cccc2ccccc12. The predicted octanol–water partition coefficient (Wildman–Crippen LogP) is 2.80. The Labute approximate surface area is 100 Å². The largest absolute Gasteiger partial charge is 0.273 e. The molecule has 0 aliphatic rings. The zero-order valence-electron chi connectivity index (χ0n) is 9.77. The maximum Gasteiger partial charge on any atom is 0.243 e. The minimum atomic E-state index is -0.106. The highest BCUT2D eigenvalue weighted by Crippen LogP contribution is 2.18. The monoisotopic (exact) mass is 229 g/mol. The summed E-state index contributed by atoms with van der Waals surface area (Å²) >= 11 is 0. The van der Waals surface area contributed by atoms with Gasteiger partial charge in [0.25, 0.3) is 0 Å². The van der Waals surface area contributed by atoms with E-state index in [1.54, 1.807) is 6.92 Å². The molecule has 1 amide bonds. The second-order valence-electron chi connectivity index (χ2n) is 3.81. The smallest absolute Gasteiger partial charge is 0.243 e. The molecule has 2 aromatic carbocycles. The minimum Gasteiger partial charge on any atom is -0.273 e. The molecule has 0 atom stereocenters. The molecule has 0 fully saturated rings. The van der Waals surface area contributed by atoms with E-state index in [1.165, 1.54) is 5.39 Å². The van der Waals surface area contributed by atoms with Crippen LogP contribution in [0.25, 0.3) is 10.8 Å². The van der Waals surface area contributed by atoms with Crippen LogP contribution in [-0.4, -0.2) is 5.91 Å². The van der Waals surface area contributed by atoms with Gasteiger partial charge in [-0.2, -0.15) is 0 Å². The molecule has 2 rings (SSSR count). The van der Waals surface area contributed by atoms with Crippen LogP contribution >= 0.6 is 0 Å². The summed E-state index contributed by atoms with van der Waals surface area (Å²) in [4.78, 5) is 16.2. The van der Waals surface area contributed by atoms with E-state index in [9.17, 15) is 4.79 Å². The first-order chi connectivity index (χ1) is 8.31. The van der Waals surface area contributed by atoms with Gasteiger partial charge in [-0.15, -0.1) is 0 Å². The van der Waals surface area contributed by atoms with Gasteiger partial charge in [0, 0.05) is 6.42 Å². The maximum absolute atomic E-state index is 11.0. The van der Waals surface area contributed by atoms with Crippen molar-refractivity contribution in [2.45, 2.75) is 20.0 Å². The molecule has 0 aliphatic carbocycles. The lowest BCUT2D eigenvalue weighted by atomic mass is 10.1. The van der Waals surface area contributed by atoms with Gasteiger partial charge >= 0.3 is 0 Å². The number of amides is 1. The number of carbonyl (C=O) groups excluding carboxylic acids is 1. The highest BCUT2D eigenvalue weighted by atomic mass is 16.6. The fourth-order valence-electron chi connectivity index (χ4n) is 1.68. The summed E-state index contributed by atoms with van der Waals surface area (Å²) in [5.74, 6) is -0.106. The molecule has 1 N–H and O–H groups in total. The summed E-state index contributed by atoms with van der Waals surface area (Å²) < 4.78 is 0. The summed E-state index contributed by atoms with van der Waals surface area (Å²) in [6.45, 7) is 2.17. The lowest BCUT2D eigenvalue weighted by Gasteiger charge is -2.07. The molecule has 0 radical (unpaired) electrons. The van der Waals surface area contributed by atoms with E-state index >= 15 is 0 Å². The number of hydroxylamine groups is 1. The van der Waals surface area contributed by atoms with Crippen LogP contribution in [0.4, 0.5) is 0 Å². The Balaban J connectivity index is 2.11. The number of hydrogen-bond acceptors (Lipinski definition) is 2. The summed E-state index contributed by atoms with van der Waals surface area (Å²) in [6, 6.07) is 14.2. The summed E-state index contributed by atoms with van der Waals surface area (Å²) in [5.41, 5.74) is 3.48. The van der Waals surface area contributed by atoms with Crippen LogP contribution in [0.2, 0.25) is 0 Å². The van der Waals surface area contributed by atoms with Gasteiger partial charge in [0.15, 0.2) is 0 Å². The fraction of sp³-hybridized carbons (Fsp3) is 0.214. The van der Waals surface area contributed by atoms with E-state index in [0.717, 1.165) is 10.9 Å². The molecule has 0 heterocycles. The molecule has 0 aliphatic heterocycles. The molecule has 0 saturated heterocycles. The van der Waals surface area contributed by atoms with Crippen LogP contribution in [0.5, 0.6) is 0 Å². The van der Waals surface area contributed by atoms with Gasteiger partial charge in [0.05, 0.1) is 0 Å². The topological polar surface area (TPSA) is 38.3 Å². The Morgan fingerprint density at radius 1 is 1.18 bits per heavy atom. The van der Waals surface area contributed by atoms with Gasteiger partial charge in [-0.1, -0.05) is 49.4 Å². The zero-order chi connectivity index (χ0) is 12.1. The van der Waals surface area contributed by atoms with Crippen molar-refractivity contribution in [2.24, 2.45) is 0 Å². The number of hydrogen-bond donors (Lipinski definition) is 1. The van der Waals surface area contributed by atoms with Crippen LogP contribution in [0, 0.1) is 0 Å². The highest BCUT2D eigenvalue weighted by Gasteiger charge is 2.01. The number of benzene rings is 2. The summed E-state index contributed by atoms with van der Waals surface area (Å²) in [7, 11) is 0. The number of fused-ring (bicyclic) bond motifs is 1. The van der Waals surface area contributed by atoms with Crippen molar-refractivity contribution in [1.82, 2.24) is 5.48 Å². The first kappa shape index (κ1) is 11.6. The second kappa shape index (κ2) is 5.46. The zero-order valence-corrected chi connectivity index (χ0v) is 9.77. The van der Waals surface area contributed by atoms with Gasteiger partial charge in [0.1, 0.15) is 6.61 Å². The second-order valence-corrected chi connectivity index (χ2v) is 3.81. The fourth-order valence-corrected chi connectivity index (χ4v) is 1.68. The molecule has 0 unspecified atom stereocenters. The summed E-state index contributed by atoms with van der Waals surface area (Å²) in [5, 5.41) is 2.33. The first-order valence-electron chi connectivity index (χ1n) is 5.68. The lowest BCUT2D eigenvalue weighted by molar-refractivity contribution is -0.134. The Hall–Kier alpha value is -1.87. The normalized spacial score (nSPS) is 10.4. The molecule has 0 spiro atoms. The van der Waals surface area contributed by atoms with E-state index in [2.05, 4.69) is 23.7 Å². The molecule has 2 aromatic rings. The Morgan fingerprint density at radius 2 is 1.94 bits per heavy atom. The Morgan fingerprint density at radius 3 is 2.76 bits per heavy atom. The lowest BCUT2D eigenvalue weighted by Crippen LogP contribution is -2.22. The van der Waals surface area contributed by atoms with Crippen molar-refractivity contribution in [3.63, 3.8) is 0 Å². The average Bonchev–Trinajstić information content (AvgIpc) is 2.39. The van der Waals surface area contributed by atoms with E-state index in [1.807, 2.05) is 24.3 Å².